The van der Waals surface area contributed by atoms with Gasteiger partial charge in [0.25, 0.3) is 0 Å². The molecule has 0 saturated heterocycles. The first-order chi connectivity index (χ1) is 8.69. The Morgan fingerprint density at radius 3 is 2.39 bits per heavy atom. The molecule has 0 aromatic heterocycles. The van der Waals surface area contributed by atoms with Gasteiger partial charge in [-0.2, -0.15) is 0 Å². The summed E-state index contributed by atoms with van der Waals surface area (Å²) in [4.78, 5) is 0. The SMILES string of the molecule is CCC(NC(C)CC1CCC1)c1ccc(C)cc1. The molecule has 2 rings (SSSR count). The van der Waals surface area contributed by atoms with Gasteiger partial charge in [-0.25, -0.2) is 0 Å². The minimum atomic E-state index is 0.515. The van der Waals surface area contributed by atoms with Gasteiger partial charge < -0.3 is 5.32 Å². The molecule has 1 aliphatic rings. The lowest BCUT2D eigenvalue weighted by Gasteiger charge is -2.30. The first-order valence-corrected chi connectivity index (χ1v) is 7.51. The quantitative estimate of drug-likeness (QED) is 0.771. The largest absolute Gasteiger partial charge is 0.307 e. The highest BCUT2D eigenvalue weighted by Crippen LogP contribution is 2.31. The number of benzene rings is 1. The number of rotatable bonds is 6. The molecule has 2 unspecified atom stereocenters. The molecular formula is C17H27N. The van der Waals surface area contributed by atoms with Crippen LogP contribution in [-0.2, 0) is 0 Å². The van der Waals surface area contributed by atoms with Crippen molar-refractivity contribution >= 4 is 0 Å². The average molecular weight is 245 g/mol. The van der Waals surface area contributed by atoms with E-state index in [1.807, 2.05) is 0 Å². The third-order valence-electron chi connectivity index (χ3n) is 4.29. The Morgan fingerprint density at radius 2 is 1.89 bits per heavy atom. The third-order valence-corrected chi connectivity index (χ3v) is 4.29. The lowest BCUT2D eigenvalue weighted by atomic mass is 9.81. The molecular weight excluding hydrogens is 218 g/mol. The van der Waals surface area contributed by atoms with Gasteiger partial charge in [0.1, 0.15) is 0 Å². The molecule has 1 aromatic rings. The van der Waals surface area contributed by atoms with Gasteiger partial charge >= 0.3 is 0 Å². The van der Waals surface area contributed by atoms with E-state index in [0.717, 1.165) is 12.3 Å². The lowest BCUT2D eigenvalue weighted by molar-refractivity contribution is 0.256. The van der Waals surface area contributed by atoms with Crippen molar-refractivity contribution in [3.05, 3.63) is 35.4 Å². The van der Waals surface area contributed by atoms with Gasteiger partial charge in [0.2, 0.25) is 0 Å². The molecule has 1 fully saturated rings. The molecule has 0 radical (unpaired) electrons. The van der Waals surface area contributed by atoms with Crippen LogP contribution in [0.5, 0.6) is 0 Å². The second kappa shape index (κ2) is 6.38. The van der Waals surface area contributed by atoms with Crippen molar-refractivity contribution in [1.29, 1.82) is 0 Å². The van der Waals surface area contributed by atoms with Gasteiger partial charge in [-0.05, 0) is 38.2 Å². The summed E-state index contributed by atoms with van der Waals surface area (Å²) < 4.78 is 0. The van der Waals surface area contributed by atoms with E-state index < -0.39 is 0 Å². The zero-order valence-corrected chi connectivity index (χ0v) is 12.1. The van der Waals surface area contributed by atoms with Gasteiger partial charge in [0.15, 0.2) is 0 Å². The van der Waals surface area contributed by atoms with Crippen LogP contribution in [0.15, 0.2) is 24.3 Å². The zero-order chi connectivity index (χ0) is 13.0. The first-order valence-electron chi connectivity index (χ1n) is 7.51. The highest BCUT2D eigenvalue weighted by atomic mass is 14.9. The average Bonchev–Trinajstić information content (AvgIpc) is 2.32. The second-order valence-electron chi connectivity index (χ2n) is 5.97. The van der Waals surface area contributed by atoms with Gasteiger partial charge in [-0.15, -0.1) is 0 Å². The molecule has 1 aromatic carbocycles. The number of nitrogens with one attached hydrogen (secondary N) is 1. The van der Waals surface area contributed by atoms with Crippen LogP contribution in [0.2, 0.25) is 0 Å². The topological polar surface area (TPSA) is 12.0 Å². The maximum absolute atomic E-state index is 3.80. The Bertz CT molecular complexity index is 350. The number of hydrogen-bond acceptors (Lipinski definition) is 1. The molecule has 1 N–H and O–H groups in total. The van der Waals surface area contributed by atoms with Gasteiger partial charge in [0.05, 0.1) is 0 Å². The van der Waals surface area contributed by atoms with Crippen LogP contribution >= 0.6 is 0 Å². The number of aryl methyl sites for hydroxylation is 1. The van der Waals surface area contributed by atoms with Crippen LogP contribution in [0.1, 0.15) is 63.1 Å². The minimum absolute atomic E-state index is 0.515. The van der Waals surface area contributed by atoms with E-state index in [2.05, 4.69) is 50.4 Å². The molecule has 1 heteroatoms. The second-order valence-corrected chi connectivity index (χ2v) is 5.97. The van der Waals surface area contributed by atoms with E-state index in [4.69, 9.17) is 0 Å². The predicted molar refractivity (Wildman–Crippen MR) is 78.8 cm³/mol. The maximum atomic E-state index is 3.80. The van der Waals surface area contributed by atoms with Crippen LogP contribution in [0.25, 0.3) is 0 Å². The smallest absolute Gasteiger partial charge is 0.0319 e. The van der Waals surface area contributed by atoms with Gasteiger partial charge in [0, 0.05) is 12.1 Å². The van der Waals surface area contributed by atoms with Crippen molar-refractivity contribution in [2.45, 2.75) is 65.0 Å². The van der Waals surface area contributed by atoms with Crippen molar-refractivity contribution in [3.63, 3.8) is 0 Å². The normalized spacial score (nSPS) is 19.3. The summed E-state index contributed by atoms with van der Waals surface area (Å²) in [6.45, 7) is 6.76. The maximum Gasteiger partial charge on any atom is 0.0319 e. The van der Waals surface area contributed by atoms with E-state index in [0.29, 0.717) is 12.1 Å². The zero-order valence-electron chi connectivity index (χ0n) is 12.1. The van der Waals surface area contributed by atoms with E-state index in [1.54, 1.807) is 0 Å². The molecule has 0 spiro atoms. The molecule has 0 amide bonds. The molecule has 0 aliphatic heterocycles. The fraction of sp³-hybridized carbons (Fsp3) is 0.647. The Labute approximate surface area is 112 Å². The van der Waals surface area contributed by atoms with E-state index in [-0.39, 0.29) is 0 Å². The van der Waals surface area contributed by atoms with Gasteiger partial charge in [-0.1, -0.05) is 56.0 Å². The molecule has 1 nitrogen and oxygen atoms in total. The van der Waals surface area contributed by atoms with Crippen molar-refractivity contribution in [2.75, 3.05) is 0 Å². The molecule has 0 bridgehead atoms. The molecule has 18 heavy (non-hydrogen) atoms. The Kier molecular flexibility index (Phi) is 4.82. The van der Waals surface area contributed by atoms with E-state index >= 15 is 0 Å². The Balaban J connectivity index is 1.89. The Morgan fingerprint density at radius 1 is 1.22 bits per heavy atom. The summed E-state index contributed by atoms with van der Waals surface area (Å²) in [5.41, 5.74) is 2.78. The summed E-state index contributed by atoms with van der Waals surface area (Å²) in [5, 5.41) is 3.80. The highest BCUT2D eigenvalue weighted by molar-refractivity contribution is 5.24. The third kappa shape index (κ3) is 3.58. The standard InChI is InChI=1S/C17H27N/c1-4-17(16-10-8-13(2)9-11-16)18-14(3)12-15-6-5-7-15/h8-11,14-15,17-18H,4-7,12H2,1-3H3. The molecule has 100 valence electrons. The summed E-state index contributed by atoms with van der Waals surface area (Å²) in [7, 11) is 0. The molecule has 0 heterocycles. The molecule has 1 saturated carbocycles. The van der Waals surface area contributed by atoms with Crippen molar-refractivity contribution < 1.29 is 0 Å². The fourth-order valence-corrected chi connectivity index (χ4v) is 2.89. The summed E-state index contributed by atoms with van der Waals surface area (Å²) in [6, 6.07) is 10.1. The van der Waals surface area contributed by atoms with Crippen LogP contribution in [0.4, 0.5) is 0 Å². The Hall–Kier alpha value is -0.820. The van der Waals surface area contributed by atoms with Crippen molar-refractivity contribution in [1.82, 2.24) is 5.32 Å². The van der Waals surface area contributed by atoms with E-state index in [9.17, 15) is 0 Å². The van der Waals surface area contributed by atoms with Crippen LogP contribution < -0.4 is 5.32 Å². The highest BCUT2D eigenvalue weighted by Gasteiger charge is 2.21. The predicted octanol–water partition coefficient (Wildman–Crippen LogP) is 4.61. The van der Waals surface area contributed by atoms with Crippen molar-refractivity contribution in [3.8, 4) is 0 Å². The van der Waals surface area contributed by atoms with E-state index in [1.165, 1.54) is 36.8 Å². The molecule has 1 aliphatic carbocycles. The fourth-order valence-electron chi connectivity index (χ4n) is 2.89. The van der Waals surface area contributed by atoms with Crippen molar-refractivity contribution in [2.24, 2.45) is 5.92 Å². The summed E-state index contributed by atoms with van der Waals surface area (Å²) in [6.07, 6.45) is 6.87. The number of hydrogen-bond donors (Lipinski definition) is 1. The van der Waals surface area contributed by atoms with Crippen LogP contribution in [0.3, 0.4) is 0 Å². The van der Waals surface area contributed by atoms with Crippen LogP contribution in [0, 0.1) is 12.8 Å². The minimum Gasteiger partial charge on any atom is -0.307 e. The van der Waals surface area contributed by atoms with Gasteiger partial charge in [-0.3, -0.25) is 0 Å². The molecule has 2 atom stereocenters. The summed E-state index contributed by atoms with van der Waals surface area (Å²) in [5.74, 6) is 0.989. The monoisotopic (exact) mass is 245 g/mol. The van der Waals surface area contributed by atoms with Crippen LogP contribution in [-0.4, -0.2) is 6.04 Å². The first kappa shape index (κ1) is 13.6. The summed E-state index contributed by atoms with van der Waals surface area (Å²) >= 11 is 0. The lowest BCUT2D eigenvalue weighted by Crippen LogP contribution is -2.33.